The highest BCUT2D eigenvalue weighted by atomic mass is 32.2. The second-order valence-electron chi connectivity index (χ2n) is 5.98. The van der Waals surface area contributed by atoms with E-state index >= 15 is 0 Å². The lowest BCUT2D eigenvalue weighted by molar-refractivity contribution is 0.0951. The van der Waals surface area contributed by atoms with Crippen LogP contribution in [0.25, 0.3) is 0 Å². The Morgan fingerprint density at radius 3 is 2.29 bits per heavy atom. The van der Waals surface area contributed by atoms with Crippen LogP contribution in [0.2, 0.25) is 0 Å². The zero-order chi connectivity index (χ0) is 20.0. The molecule has 0 aliphatic rings. The van der Waals surface area contributed by atoms with Crippen LogP contribution in [0.4, 0.5) is 4.39 Å². The molecule has 2 aromatic carbocycles. The van der Waals surface area contributed by atoms with Crippen molar-refractivity contribution in [3.63, 3.8) is 0 Å². The number of benzene rings is 2. The summed E-state index contributed by atoms with van der Waals surface area (Å²) < 4.78 is 40.7. The van der Waals surface area contributed by atoms with Gasteiger partial charge >= 0.3 is 0 Å². The standard InChI is InChI=1S/C20H18FN3O3S/c21-19-4-2-1-3-17(19)14-24-28(26,27)18-7-5-16(6-8-18)20(25)23-13-15-9-11-22-12-10-15/h1-12,24H,13-14H2,(H,23,25). The van der Waals surface area contributed by atoms with Crippen LogP contribution in [0.1, 0.15) is 21.5 Å². The molecule has 0 radical (unpaired) electrons. The van der Waals surface area contributed by atoms with Crippen molar-refractivity contribution in [3.8, 4) is 0 Å². The number of hydrogen-bond donors (Lipinski definition) is 2. The van der Waals surface area contributed by atoms with E-state index in [9.17, 15) is 17.6 Å². The van der Waals surface area contributed by atoms with E-state index in [0.717, 1.165) is 5.56 Å². The molecule has 28 heavy (non-hydrogen) atoms. The third-order valence-corrected chi connectivity index (χ3v) is 5.46. The van der Waals surface area contributed by atoms with Gasteiger partial charge in [0.2, 0.25) is 10.0 Å². The fourth-order valence-corrected chi connectivity index (χ4v) is 3.47. The molecule has 0 saturated carbocycles. The van der Waals surface area contributed by atoms with Gasteiger partial charge < -0.3 is 5.32 Å². The first-order valence-corrected chi connectivity index (χ1v) is 9.94. The second-order valence-corrected chi connectivity index (χ2v) is 7.75. The SMILES string of the molecule is O=C(NCc1ccncc1)c1ccc(S(=O)(=O)NCc2ccccc2F)cc1. The maximum atomic E-state index is 13.6. The topological polar surface area (TPSA) is 88.2 Å². The maximum absolute atomic E-state index is 13.6. The summed E-state index contributed by atoms with van der Waals surface area (Å²) >= 11 is 0. The van der Waals surface area contributed by atoms with Gasteiger partial charge in [-0.3, -0.25) is 9.78 Å². The van der Waals surface area contributed by atoms with Crippen molar-refractivity contribution in [1.82, 2.24) is 15.0 Å². The van der Waals surface area contributed by atoms with Crippen LogP contribution >= 0.6 is 0 Å². The predicted molar refractivity (Wildman–Crippen MR) is 102 cm³/mol. The van der Waals surface area contributed by atoms with Crippen LogP contribution in [0.15, 0.2) is 78.0 Å². The third-order valence-electron chi connectivity index (χ3n) is 4.04. The van der Waals surface area contributed by atoms with Crippen molar-refractivity contribution in [1.29, 1.82) is 0 Å². The number of sulfonamides is 1. The molecule has 0 saturated heterocycles. The predicted octanol–water partition coefficient (Wildman–Crippen LogP) is 2.63. The van der Waals surface area contributed by atoms with Crippen LogP contribution in [0, 0.1) is 5.82 Å². The largest absolute Gasteiger partial charge is 0.348 e. The molecule has 6 nitrogen and oxygen atoms in total. The number of halogens is 1. The lowest BCUT2D eigenvalue weighted by atomic mass is 10.2. The van der Waals surface area contributed by atoms with E-state index in [1.54, 1.807) is 30.6 Å². The molecular formula is C20H18FN3O3S. The minimum Gasteiger partial charge on any atom is -0.348 e. The van der Waals surface area contributed by atoms with Crippen LogP contribution < -0.4 is 10.0 Å². The Hall–Kier alpha value is -3.10. The Balaban J connectivity index is 1.62. The number of nitrogens with zero attached hydrogens (tertiary/aromatic N) is 1. The zero-order valence-corrected chi connectivity index (χ0v) is 15.6. The first-order chi connectivity index (χ1) is 13.5. The summed E-state index contributed by atoms with van der Waals surface area (Å²) in [7, 11) is -3.83. The fourth-order valence-electron chi connectivity index (χ4n) is 2.47. The number of amides is 1. The van der Waals surface area contributed by atoms with Gasteiger partial charge in [0.05, 0.1) is 4.90 Å². The van der Waals surface area contributed by atoms with E-state index in [-0.39, 0.29) is 22.9 Å². The number of pyridine rings is 1. The summed E-state index contributed by atoms with van der Waals surface area (Å²) in [6.45, 7) is 0.175. The number of hydrogen-bond acceptors (Lipinski definition) is 4. The van der Waals surface area contributed by atoms with Crippen molar-refractivity contribution < 1.29 is 17.6 Å². The van der Waals surface area contributed by atoms with Gasteiger partial charge in [-0.2, -0.15) is 0 Å². The average Bonchev–Trinajstić information content (AvgIpc) is 2.72. The lowest BCUT2D eigenvalue weighted by Gasteiger charge is -2.09. The molecule has 3 rings (SSSR count). The van der Waals surface area contributed by atoms with Gasteiger partial charge in [-0.25, -0.2) is 17.5 Å². The normalized spacial score (nSPS) is 11.2. The van der Waals surface area contributed by atoms with Gasteiger partial charge in [0, 0.05) is 36.6 Å². The molecule has 1 heterocycles. The van der Waals surface area contributed by atoms with Crippen LogP contribution in [-0.4, -0.2) is 19.3 Å². The Kier molecular flexibility index (Phi) is 6.13. The molecule has 0 bridgehead atoms. The van der Waals surface area contributed by atoms with Gasteiger partial charge in [0.25, 0.3) is 5.91 Å². The Morgan fingerprint density at radius 2 is 1.61 bits per heavy atom. The molecule has 0 atom stereocenters. The van der Waals surface area contributed by atoms with E-state index in [4.69, 9.17) is 0 Å². The average molecular weight is 399 g/mol. The molecule has 1 amide bonds. The smallest absolute Gasteiger partial charge is 0.251 e. The van der Waals surface area contributed by atoms with E-state index in [2.05, 4.69) is 15.0 Å². The molecule has 144 valence electrons. The fraction of sp³-hybridized carbons (Fsp3) is 0.100. The third kappa shape index (κ3) is 4.99. The van der Waals surface area contributed by atoms with Crippen LogP contribution in [0.3, 0.4) is 0 Å². The van der Waals surface area contributed by atoms with Gasteiger partial charge in [0.15, 0.2) is 0 Å². The highest BCUT2D eigenvalue weighted by Crippen LogP contribution is 2.13. The van der Waals surface area contributed by atoms with E-state index in [1.807, 2.05) is 0 Å². The first kappa shape index (κ1) is 19.7. The molecule has 8 heteroatoms. The zero-order valence-electron chi connectivity index (χ0n) is 14.8. The number of aromatic nitrogens is 1. The summed E-state index contributed by atoms with van der Waals surface area (Å²) in [6, 6.07) is 15.1. The number of rotatable bonds is 7. The molecule has 1 aromatic heterocycles. The molecule has 0 spiro atoms. The van der Waals surface area contributed by atoms with Gasteiger partial charge in [-0.05, 0) is 48.0 Å². The first-order valence-electron chi connectivity index (χ1n) is 8.46. The summed E-state index contributed by atoms with van der Waals surface area (Å²) in [5, 5.41) is 2.75. The number of carbonyl (C=O) groups is 1. The highest BCUT2D eigenvalue weighted by molar-refractivity contribution is 7.89. The molecule has 0 aliphatic carbocycles. The lowest BCUT2D eigenvalue weighted by Crippen LogP contribution is -2.25. The number of nitrogens with one attached hydrogen (secondary N) is 2. The van der Waals surface area contributed by atoms with Crippen molar-refractivity contribution in [2.75, 3.05) is 0 Å². The minimum absolute atomic E-state index is 0.00507. The monoisotopic (exact) mass is 399 g/mol. The van der Waals surface area contributed by atoms with Crippen molar-refractivity contribution in [2.45, 2.75) is 18.0 Å². The Bertz CT molecular complexity index is 1060. The Labute approximate surface area is 162 Å². The van der Waals surface area contributed by atoms with Crippen molar-refractivity contribution in [2.24, 2.45) is 0 Å². The van der Waals surface area contributed by atoms with E-state index in [0.29, 0.717) is 12.1 Å². The summed E-state index contributed by atoms with van der Waals surface area (Å²) in [5.74, 6) is -0.800. The number of carbonyl (C=O) groups excluding carboxylic acids is 1. The molecule has 3 aromatic rings. The molecule has 0 unspecified atom stereocenters. The maximum Gasteiger partial charge on any atom is 0.251 e. The van der Waals surface area contributed by atoms with Crippen molar-refractivity contribution in [3.05, 3.63) is 95.6 Å². The second kappa shape index (κ2) is 8.73. The molecule has 0 fully saturated rings. The van der Waals surface area contributed by atoms with Crippen LogP contribution in [0.5, 0.6) is 0 Å². The molecule has 0 aliphatic heterocycles. The van der Waals surface area contributed by atoms with Gasteiger partial charge in [0.1, 0.15) is 5.82 Å². The van der Waals surface area contributed by atoms with Crippen LogP contribution in [-0.2, 0) is 23.1 Å². The van der Waals surface area contributed by atoms with E-state index < -0.39 is 15.8 Å². The van der Waals surface area contributed by atoms with Gasteiger partial charge in [-0.1, -0.05) is 18.2 Å². The summed E-state index contributed by atoms with van der Waals surface area (Å²) in [6.07, 6.45) is 3.27. The summed E-state index contributed by atoms with van der Waals surface area (Å²) in [5.41, 5.74) is 1.49. The minimum atomic E-state index is -3.83. The molecular weight excluding hydrogens is 381 g/mol. The Morgan fingerprint density at radius 1 is 0.929 bits per heavy atom. The summed E-state index contributed by atoms with van der Waals surface area (Å²) in [4.78, 5) is 16.1. The van der Waals surface area contributed by atoms with E-state index in [1.165, 1.54) is 42.5 Å². The van der Waals surface area contributed by atoms with Gasteiger partial charge in [-0.15, -0.1) is 0 Å². The molecule has 2 N–H and O–H groups in total. The highest BCUT2D eigenvalue weighted by Gasteiger charge is 2.15. The quantitative estimate of drug-likeness (QED) is 0.639. The van der Waals surface area contributed by atoms with Crippen molar-refractivity contribution >= 4 is 15.9 Å².